The van der Waals surface area contributed by atoms with Gasteiger partial charge in [-0.25, -0.2) is 0 Å². The number of likely N-dealkylation sites (N-methyl/N-ethyl adjacent to an activating group) is 1. The van der Waals surface area contributed by atoms with E-state index in [4.69, 9.17) is 16.3 Å². The van der Waals surface area contributed by atoms with E-state index in [0.717, 1.165) is 0 Å². The molecule has 22 heavy (non-hydrogen) atoms. The van der Waals surface area contributed by atoms with Crippen molar-refractivity contribution in [3.05, 3.63) is 29.3 Å². The number of benzene rings is 1. The van der Waals surface area contributed by atoms with Gasteiger partial charge in [-0.1, -0.05) is 11.6 Å². The molecule has 0 saturated heterocycles. The molecule has 1 rings (SSSR count). The summed E-state index contributed by atoms with van der Waals surface area (Å²) in [4.78, 5) is 5.64. The first-order valence-electron chi connectivity index (χ1n) is 6.69. The van der Waals surface area contributed by atoms with E-state index >= 15 is 0 Å². The minimum Gasteiger partial charge on any atom is -0.492 e. The van der Waals surface area contributed by atoms with Crippen LogP contribution >= 0.6 is 11.6 Å². The van der Waals surface area contributed by atoms with Crippen LogP contribution in [0.4, 0.5) is 13.2 Å². The summed E-state index contributed by atoms with van der Waals surface area (Å²) in [6.45, 7) is 0.644. The van der Waals surface area contributed by atoms with Crippen molar-refractivity contribution in [1.82, 2.24) is 10.2 Å². The van der Waals surface area contributed by atoms with Crippen molar-refractivity contribution in [2.24, 2.45) is 4.99 Å². The van der Waals surface area contributed by atoms with Gasteiger partial charge in [0.15, 0.2) is 5.96 Å². The number of ether oxygens (including phenoxy) is 1. The second-order valence-electron chi connectivity index (χ2n) is 4.56. The number of aliphatic imine (C=N–C) groups is 1. The van der Waals surface area contributed by atoms with Gasteiger partial charge in [0.05, 0.1) is 13.0 Å². The Labute approximate surface area is 132 Å². The van der Waals surface area contributed by atoms with Crippen LogP contribution < -0.4 is 10.1 Å². The lowest BCUT2D eigenvalue weighted by molar-refractivity contribution is -0.132. The lowest BCUT2D eigenvalue weighted by atomic mass is 10.3. The molecule has 1 N–H and O–H groups in total. The van der Waals surface area contributed by atoms with Crippen LogP contribution in [0.15, 0.2) is 29.3 Å². The lowest BCUT2D eigenvalue weighted by Crippen LogP contribution is -2.42. The summed E-state index contributed by atoms with van der Waals surface area (Å²) in [5.41, 5.74) is 0. The Balaban J connectivity index is 2.32. The summed E-state index contributed by atoms with van der Waals surface area (Å²) in [5, 5.41) is 3.29. The zero-order valence-electron chi connectivity index (χ0n) is 12.5. The molecule has 0 heterocycles. The minimum absolute atomic E-state index is 0.210. The summed E-state index contributed by atoms with van der Waals surface area (Å²) >= 11 is 5.77. The minimum atomic E-state index is -4.18. The standard InChI is InChI=1S/C14H19ClF3N3O/c1-19-13(20-8-7-14(16,17)18)21(2)9-10-22-12-5-3-11(15)4-6-12/h3-6H,7-10H2,1-2H3,(H,19,20). The van der Waals surface area contributed by atoms with E-state index in [1.165, 1.54) is 7.05 Å². The first-order valence-corrected chi connectivity index (χ1v) is 7.06. The average molecular weight is 338 g/mol. The highest BCUT2D eigenvalue weighted by Crippen LogP contribution is 2.18. The largest absolute Gasteiger partial charge is 0.492 e. The molecule has 0 spiro atoms. The maximum absolute atomic E-state index is 12.1. The molecular formula is C14H19ClF3N3O. The molecule has 0 aromatic heterocycles. The summed E-state index contributed by atoms with van der Waals surface area (Å²) in [5.74, 6) is 1.07. The van der Waals surface area contributed by atoms with Crippen LogP contribution in [0.25, 0.3) is 0 Å². The fraction of sp³-hybridized carbons (Fsp3) is 0.500. The second kappa shape index (κ2) is 8.73. The van der Waals surface area contributed by atoms with Gasteiger partial charge in [-0.3, -0.25) is 4.99 Å². The van der Waals surface area contributed by atoms with E-state index in [-0.39, 0.29) is 6.54 Å². The number of guanidine groups is 1. The monoisotopic (exact) mass is 337 g/mol. The van der Waals surface area contributed by atoms with Gasteiger partial charge >= 0.3 is 6.18 Å². The molecule has 0 radical (unpaired) electrons. The van der Waals surface area contributed by atoms with E-state index in [0.29, 0.717) is 29.9 Å². The van der Waals surface area contributed by atoms with Gasteiger partial charge in [0.2, 0.25) is 0 Å². The number of hydrogen-bond donors (Lipinski definition) is 1. The molecule has 4 nitrogen and oxygen atoms in total. The van der Waals surface area contributed by atoms with Crippen LogP contribution in [0.1, 0.15) is 6.42 Å². The zero-order chi connectivity index (χ0) is 16.6. The third-order valence-electron chi connectivity index (χ3n) is 2.77. The highest BCUT2D eigenvalue weighted by Gasteiger charge is 2.26. The van der Waals surface area contributed by atoms with Gasteiger partial charge in [0.1, 0.15) is 12.4 Å². The Bertz CT molecular complexity index is 477. The van der Waals surface area contributed by atoms with Crippen LogP contribution in [0.2, 0.25) is 5.02 Å². The summed E-state index contributed by atoms with van der Waals surface area (Å²) in [6.07, 6.45) is -5.08. The average Bonchev–Trinajstić information content (AvgIpc) is 2.44. The van der Waals surface area contributed by atoms with Gasteiger partial charge in [-0.2, -0.15) is 13.2 Å². The van der Waals surface area contributed by atoms with Gasteiger partial charge in [0.25, 0.3) is 0 Å². The second-order valence-corrected chi connectivity index (χ2v) is 5.00. The Morgan fingerprint density at radius 1 is 1.32 bits per heavy atom. The Kier molecular flexibility index (Phi) is 7.31. The molecule has 0 bridgehead atoms. The highest BCUT2D eigenvalue weighted by molar-refractivity contribution is 6.30. The molecule has 124 valence electrons. The summed E-state index contributed by atoms with van der Waals surface area (Å²) in [6, 6.07) is 6.94. The predicted molar refractivity (Wildman–Crippen MR) is 81.6 cm³/mol. The Morgan fingerprint density at radius 3 is 2.50 bits per heavy atom. The van der Waals surface area contributed by atoms with Crippen molar-refractivity contribution in [2.75, 3.05) is 33.8 Å². The van der Waals surface area contributed by atoms with Crippen molar-refractivity contribution in [3.8, 4) is 5.75 Å². The molecule has 0 fully saturated rings. The van der Waals surface area contributed by atoms with Crippen molar-refractivity contribution in [2.45, 2.75) is 12.6 Å². The molecule has 0 aliphatic heterocycles. The number of hydrogen-bond acceptors (Lipinski definition) is 2. The van der Waals surface area contributed by atoms with E-state index < -0.39 is 12.6 Å². The van der Waals surface area contributed by atoms with Crippen LogP contribution in [-0.4, -0.2) is 50.8 Å². The molecule has 1 aromatic carbocycles. The first-order chi connectivity index (χ1) is 10.3. The van der Waals surface area contributed by atoms with Gasteiger partial charge in [-0.05, 0) is 24.3 Å². The van der Waals surface area contributed by atoms with Gasteiger partial charge in [-0.15, -0.1) is 0 Å². The van der Waals surface area contributed by atoms with Crippen molar-refractivity contribution >= 4 is 17.6 Å². The molecular weight excluding hydrogens is 319 g/mol. The lowest BCUT2D eigenvalue weighted by Gasteiger charge is -2.22. The summed E-state index contributed by atoms with van der Waals surface area (Å²) < 4.78 is 41.8. The zero-order valence-corrected chi connectivity index (χ0v) is 13.2. The molecule has 0 aliphatic rings. The fourth-order valence-corrected chi connectivity index (χ4v) is 1.76. The molecule has 1 aromatic rings. The third kappa shape index (κ3) is 7.40. The maximum Gasteiger partial charge on any atom is 0.390 e. The molecule has 0 aliphatic carbocycles. The molecule has 0 saturated carbocycles. The number of alkyl halides is 3. The van der Waals surface area contributed by atoms with Crippen LogP contribution in [-0.2, 0) is 0 Å². The Morgan fingerprint density at radius 2 is 1.95 bits per heavy atom. The molecule has 0 atom stereocenters. The topological polar surface area (TPSA) is 36.9 Å². The fourth-order valence-electron chi connectivity index (χ4n) is 1.64. The van der Waals surface area contributed by atoms with Crippen LogP contribution in [0, 0.1) is 0 Å². The SMILES string of the molecule is CN=C(NCCC(F)(F)F)N(C)CCOc1ccc(Cl)cc1. The van der Waals surface area contributed by atoms with E-state index in [9.17, 15) is 13.2 Å². The van der Waals surface area contributed by atoms with Crippen molar-refractivity contribution < 1.29 is 17.9 Å². The Hall–Kier alpha value is -1.63. The van der Waals surface area contributed by atoms with Crippen LogP contribution in [0.5, 0.6) is 5.75 Å². The third-order valence-corrected chi connectivity index (χ3v) is 3.03. The molecule has 0 unspecified atom stereocenters. The number of halogens is 4. The molecule has 0 amide bonds. The van der Waals surface area contributed by atoms with E-state index in [1.54, 1.807) is 36.2 Å². The van der Waals surface area contributed by atoms with E-state index in [2.05, 4.69) is 10.3 Å². The summed E-state index contributed by atoms with van der Waals surface area (Å²) in [7, 11) is 3.25. The van der Waals surface area contributed by atoms with Crippen LogP contribution in [0.3, 0.4) is 0 Å². The smallest absolute Gasteiger partial charge is 0.390 e. The maximum atomic E-state index is 12.1. The predicted octanol–water partition coefficient (Wildman–Crippen LogP) is 3.18. The first kappa shape index (κ1) is 18.4. The normalized spacial score (nSPS) is 12.2. The number of nitrogens with one attached hydrogen (secondary N) is 1. The quantitative estimate of drug-likeness (QED) is 0.640. The number of nitrogens with zero attached hydrogens (tertiary/aromatic N) is 2. The van der Waals surface area contributed by atoms with Gasteiger partial charge < -0.3 is 15.0 Å². The van der Waals surface area contributed by atoms with Gasteiger partial charge in [0, 0.05) is 25.7 Å². The number of rotatable bonds is 6. The highest BCUT2D eigenvalue weighted by atomic mass is 35.5. The molecule has 8 heteroatoms. The van der Waals surface area contributed by atoms with Crippen molar-refractivity contribution in [3.63, 3.8) is 0 Å². The van der Waals surface area contributed by atoms with Crippen molar-refractivity contribution in [1.29, 1.82) is 0 Å². The van der Waals surface area contributed by atoms with E-state index in [1.807, 2.05) is 0 Å².